The Morgan fingerprint density at radius 3 is 2.62 bits per heavy atom. The van der Waals surface area contributed by atoms with Crippen molar-refractivity contribution in [3.63, 3.8) is 0 Å². The van der Waals surface area contributed by atoms with Gasteiger partial charge in [0.15, 0.2) is 0 Å². The van der Waals surface area contributed by atoms with E-state index in [0.29, 0.717) is 13.2 Å². The van der Waals surface area contributed by atoms with Crippen LogP contribution in [0.1, 0.15) is 35.7 Å². The van der Waals surface area contributed by atoms with Crippen molar-refractivity contribution in [1.82, 2.24) is 10.3 Å². The Bertz CT molecular complexity index is 439. The Hall–Kier alpha value is -0.400. The predicted molar refractivity (Wildman–Crippen MR) is 89.4 cm³/mol. The Morgan fingerprint density at radius 1 is 1.48 bits per heavy atom. The highest BCUT2D eigenvalue weighted by Gasteiger charge is 2.27. The molecule has 122 valence electrons. The van der Waals surface area contributed by atoms with Crippen LogP contribution in [0.2, 0.25) is 0 Å². The van der Waals surface area contributed by atoms with Crippen LogP contribution < -0.4 is 11.1 Å². The molecule has 5 nitrogen and oxygen atoms in total. The van der Waals surface area contributed by atoms with Gasteiger partial charge in [-0.2, -0.15) is 0 Å². The van der Waals surface area contributed by atoms with Crippen molar-refractivity contribution in [3.8, 4) is 0 Å². The maximum absolute atomic E-state index is 12.1. The second kappa shape index (κ2) is 9.58. The molecule has 1 aromatic rings. The van der Waals surface area contributed by atoms with Crippen molar-refractivity contribution in [2.24, 2.45) is 11.7 Å². The number of aromatic nitrogens is 1. The molecular formula is C13H23Cl2N3O2S. The molecule has 1 aromatic heterocycles. The molecule has 1 saturated heterocycles. The van der Waals surface area contributed by atoms with Gasteiger partial charge < -0.3 is 15.8 Å². The molecule has 3 N–H and O–H groups in total. The molecule has 1 amide bonds. The lowest BCUT2D eigenvalue weighted by Crippen LogP contribution is -2.47. The van der Waals surface area contributed by atoms with Crippen LogP contribution in [0, 0.1) is 12.8 Å². The van der Waals surface area contributed by atoms with E-state index in [1.165, 1.54) is 0 Å². The molecule has 21 heavy (non-hydrogen) atoms. The molecule has 8 heteroatoms. The van der Waals surface area contributed by atoms with Crippen LogP contribution in [0.15, 0.2) is 6.20 Å². The summed E-state index contributed by atoms with van der Waals surface area (Å²) in [5, 5.41) is 3.87. The Kier molecular flexibility index (Phi) is 9.40. The highest BCUT2D eigenvalue weighted by Crippen LogP contribution is 2.21. The van der Waals surface area contributed by atoms with Crippen molar-refractivity contribution in [2.75, 3.05) is 13.2 Å². The fourth-order valence-corrected chi connectivity index (χ4v) is 3.01. The van der Waals surface area contributed by atoms with Crippen molar-refractivity contribution >= 4 is 42.1 Å². The average Bonchev–Trinajstić information content (AvgIpc) is 2.85. The first kappa shape index (κ1) is 20.6. The number of thiazole rings is 1. The normalized spacial score (nSPS) is 18.0. The molecular weight excluding hydrogens is 333 g/mol. The minimum atomic E-state index is -0.451. The highest BCUT2D eigenvalue weighted by atomic mass is 35.5. The van der Waals surface area contributed by atoms with Crippen LogP contribution >= 0.6 is 36.2 Å². The monoisotopic (exact) mass is 355 g/mol. The van der Waals surface area contributed by atoms with E-state index >= 15 is 0 Å². The van der Waals surface area contributed by atoms with Crippen LogP contribution in [0.3, 0.4) is 0 Å². The molecule has 1 aliphatic heterocycles. The van der Waals surface area contributed by atoms with Crippen molar-refractivity contribution in [2.45, 2.75) is 38.8 Å². The summed E-state index contributed by atoms with van der Waals surface area (Å²) in [5.74, 6) is 0.131. The number of hydrogen-bond acceptors (Lipinski definition) is 5. The summed E-state index contributed by atoms with van der Waals surface area (Å²) in [5.41, 5.74) is 6.04. The number of amides is 1. The molecule has 0 bridgehead atoms. The first-order valence-corrected chi connectivity index (χ1v) is 7.45. The molecule has 0 spiro atoms. The molecule has 2 rings (SSSR count). The third kappa shape index (κ3) is 5.71. The van der Waals surface area contributed by atoms with Gasteiger partial charge in [-0.15, -0.1) is 36.2 Å². The molecule has 0 aliphatic carbocycles. The summed E-state index contributed by atoms with van der Waals surface area (Å²) in [6, 6.07) is -0.538. The zero-order valence-electron chi connectivity index (χ0n) is 12.2. The van der Waals surface area contributed by atoms with E-state index in [1.54, 1.807) is 11.3 Å². The van der Waals surface area contributed by atoms with Crippen LogP contribution in [-0.2, 0) is 9.53 Å². The summed E-state index contributed by atoms with van der Waals surface area (Å²) in [6.07, 6.45) is 3.54. The Balaban J connectivity index is 0.00000200. The lowest BCUT2D eigenvalue weighted by molar-refractivity contribution is -0.125. The largest absolute Gasteiger partial charge is 0.381 e. The van der Waals surface area contributed by atoms with E-state index in [0.717, 1.165) is 22.7 Å². The Morgan fingerprint density at radius 2 is 2.10 bits per heavy atom. The second-order valence-corrected chi connectivity index (χ2v) is 6.28. The fourth-order valence-electron chi connectivity index (χ4n) is 2.23. The third-order valence-corrected chi connectivity index (χ3v) is 4.54. The molecule has 2 heterocycles. The van der Waals surface area contributed by atoms with Gasteiger partial charge in [0.25, 0.3) is 0 Å². The van der Waals surface area contributed by atoms with E-state index in [1.807, 2.05) is 20.0 Å². The molecule has 1 fully saturated rings. The summed E-state index contributed by atoms with van der Waals surface area (Å²) >= 11 is 1.60. The number of ether oxygens (including phenoxy) is 1. The van der Waals surface area contributed by atoms with Gasteiger partial charge in [0.05, 0.1) is 12.1 Å². The van der Waals surface area contributed by atoms with Gasteiger partial charge in [-0.25, -0.2) is 4.98 Å². The number of aryl methyl sites for hydroxylation is 1. The number of hydrogen-bond donors (Lipinski definition) is 2. The van der Waals surface area contributed by atoms with Gasteiger partial charge in [-0.1, -0.05) is 0 Å². The number of nitrogens with one attached hydrogen (secondary N) is 1. The topological polar surface area (TPSA) is 77.2 Å². The first-order valence-electron chi connectivity index (χ1n) is 6.64. The third-order valence-electron chi connectivity index (χ3n) is 3.44. The van der Waals surface area contributed by atoms with Crippen LogP contribution in [0.4, 0.5) is 0 Å². The van der Waals surface area contributed by atoms with Crippen LogP contribution in [-0.4, -0.2) is 30.1 Å². The number of carbonyl (C=O) groups excluding carboxylic acids is 1. The molecule has 1 aliphatic rings. The van der Waals surface area contributed by atoms with Gasteiger partial charge in [-0.05, 0) is 32.6 Å². The van der Waals surface area contributed by atoms with Crippen molar-refractivity contribution in [3.05, 3.63) is 16.1 Å². The Labute approximate surface area is 141 Å². The fraction of sp³-hybridized carbons (Fsp3) is 0.692. The van der Waals surface area contributed by atoms with Gasteiger partial charge in [0, 0.05) is 24.3 Å². The average molecular weight is 356 g/mol. The molecule has 0 saturated carbocycles. The van der Waals surface area contributed by atoms with Gasteiger partial charge in [0.1, 0.15) is 5.01 Å². The number of halogens is 2. The second-order valence-electron chi connectivity index (χ2n) is 5.02. The van der Waals surface area contributed by atoms with Crippen molar-refractivity contribution in [1.29, 1.82) is 0 Å². The SMILES string of the molecule is Cc1cnc(C(C)NC(=O)C(N)C2CCOCC2)s1.Cl.Cl. The summed E-state index contributed by atoms with van der Waals surface area (Å²) in [4.78, 5) is 17.6. The summed E-state index contributed by atoms with van der Waals surface area (Å²) in [6.45, 7) is 5.34. The molecule has 0 aromatic carbocycles. The van der Waals surface area contributed by atoms with Crippen molar-refractivity contribution < 1.29 is 9.53 Å². The quantitative estimate of drug-likeness (QED) is 0.867. The molecule has 0 radical (unpaired) electrons. The number of rotatable bonds is 4. The summed E-state index contributed by atoms with van der Waals surface area (Å²) < 4.78 is 5.29. The van der Waals surface area contributed by atoms with E-state index in [2.05, 4.69) is 10.3 Å². The molecule has 2 unspecified atom stereocenters. The van der Waals surface area contributed by atoms with Gasteiger partial charge in [-0.3, -0.25) is 4.79 Å². The lowest BCUT2D eigenvalue weighted by atomic mass is 9.92. The lowest BCUT2D eigenvalue weighted by Gasteiger charge is -2.27. The minimum absolute atomic E-state index is 0. The highest BCUT2D eigenvalue weighted by molar-refractivity contribution is 7.11. The number of nitrogens with two attached hydrogens (primary N) is 1. The number of nitrogens with zero attached hydrogens (tertiary/aromatic N) is 1. The zero-order chi connectivity index (χ0) is 13.8. The maximum atomic E-state index is 12.1. The first-order chi connectivity index (χ1) is 9.08. The smallest absolute Gasteiger partial charge is 0.237 e. The summed E-state index contributed by atoms with van der Waals surface area (Å²) in [7, 11) is 0. The minimum Gasteiger partial charge on any atom is -0.381 e. The van der Waals surface area contributed by atoms with Crippen LogP contribution in [0.25, 0.3) is 0 Å². The van der Waals surface area contributed by atoms with E-state index in [9.17, 15) is 4.79 Å². The standard InChI is InChI=1S/C13H21N3O2S.2ClH/c1-8-7-15-13(19-8)9(2)16-12(17)11(14)10-3-5-18-6-4-10;;/h7,9-11H,3-6,14H2,1-2H3,(H,16,17);2*1H. The maximum Gasteiger partial charge on any atom is 0.237 e. The number of carbonyl (C=O) groups is 1. The zero-order valence-corrected chi connectivity index (χ0v) is 14.7. The predicted octanol–water partition coefficient (Wildman–Crippen LogP) is 2.23. The van der Waals surface area contributed by atoms with E-state index in [4.69, 9.17) is 10.5 Å². The molecule has 2 atom stereocenters. The van der Waals surface area contributed by atoms with E-state index in [-0.39, 0.29) is 42.7 Å². The van der Waals surface area contributed by atoms with Gasteiger partial charge in [0.2, 0.25) is 5.91 Å². The van der Waals surface area contributed by atoms with E-state index < -0.39 is 6.04 Å². The van der Waals surface area contributed by atoms with Gasteiger partial charge >= 0.3 is 0 Å². The van der Waals surface area contributed by atoms with Crippen LogP contribution in [0.5, 0.6) is 0 Å².